The van der Waals surface area contributed by atoms with E-state index in [2.05, 4.69) is 33.2 Å². The van der Waals surface area contributed by atoms with Crippen molar-refractivity contribution in [2.75, 3.05) is 0 Å². The molecule has 0 bridgehead atoms. The third-order valence-corrected chi connectivity index (χ3v) is 4.54. The van der Waals surface area contributed by atoms with Crippen molar-refractivity contribution in [3.8, 4) is 5.75 Å². The highest BCUT2D eigenvalue weighted by Crippen LogP contribution is 2.25. The first-order chi connectivity index (χ1) is 11.5. The van der Waals surface area contributed by atoms with Crippen molar-refractivity contribution in [1.29, 1.82) is 0 Å². The molecule has 3 amide bonds. The van der Waals surface area contributed by atoms with Gasteiger partial charge in [-0.3, -0.25) is 10.1 Å². The summed E-state index contributed by atoms with van der Waals surface area (Å²) >= 11 is 8.27. The number of rotatable bonds is 4. The number of hydrogen-bond donors (Lipinski definition) is 2. The molecule has 0 aromatic heterocycles. The zero-order valence-electron chi connectivity index (χ0n) is 12.3. The summed E-state index contributed by atoms with van der Waals surface area (Å²) < 4.78 is 6.69. The van der Waals surface area contributed by atoms with Crippen LogP contribution in [0, 0.1) is 3.57 Å². The van der Waals surface area contributed by atoms with Crippen molar-refractivity contribution in [3.63, 3.8) is 0 Å². The molecule has 1 aliphatic rings. The highest BCUT2D eigenvalue weighted by Gasteiger charge is 2.22. The SMILES string of the molecule is O=C1NC(=O)/C(=C\c2ccc(OCc3ccccc3Cl)c(I)c2)N1. The molecule has 1 saturated heterocycles. The molecule has 0 saturated carbocycles. The number of benzene rings is 2. The highest BCUT2D eigenvalue weighted by molar-refractivity contribution is 14.1. The molecule has 0 atom stereocenters. The van der Waals surface area contributed by atoms with E-state index in [9.17, 15) is 9.59 Å². The average Bonchev–Trinajstić information content (AvgIpc) is 2.85. The summed E-state index contributed by atoms with van der Waals surface area (Å²) in [6.45, 7) is 0.370. The number of imide groups is 1. The van der Waals surface area contributed by atoms with E-state index in [-0.39, 0.29) is 5.70 Å². The minimum Gasteiger partial charge on any atom is -0.488 e. The fourth-order valence-corrected chi connectivity index (χ4v) is 3.03. The van der Waals surface area contributed by atoms with Crippen LogP contribution in [0.2, 0.25) is 5.02 Å². The summed E-state index contributed by atoms with van der Waals surface area (Å²) in [5.41, 5.74) is 1.92. The molecule has 2 aromatic carbocycles. The van der Waals surface area contributed by atoms with E-state index >= 15 is 0 Å². The predicted molar refractivity (Wildman–Crippen MR) is 99.6 cm³/mol. The molecule has 24 heavy (non-hydrogen) atoms. The van der Waals surface area contributed by atoms with E-state index in [0.717, 1.165) is 20.4 Å². The topological polar surface area (TPSA) is 67.4 Å². The van der Waals surface area contributed by atoms with E-state index in [1.54, 1.807) is 6.08 Å². The van der Waals surface area contributed by atoms with Gasteiger partial charge in [0, 0.05) is 10.6 Å². The van der Waals surface area contributed by atoms with Gasteiger partial charge in [-0.1, -0.05) is 35.9 Å². The van der Waals surface area contributed by atoms with Gasteiger partial charge in [-0.2, -0.15) is 0 Å². The van der Waals surface area contributed by atoms with Crippen LogP contribution >= 0.6 is 34.2 Å². The molecule has 2 aromatic rings. The lowest BCUT2D eigenvalue weighted by Gasteiger charge is -2.10. The smallest absolute Gasteiger partial charge is 0.326 e. The minimum absolute atomic E-state index is 0.223. The number of halogens is 2. The Morgan fingerprint density at radius 3 is 2.58 bits per heavy atom. The van der Waals surface area contributed by atoms with Crippen LogP contribution in [0.25, 0.3) is 6.08 Å². The number of amides is 3. The predicted octanol–water partition coefficient (Wildman–Crippen LogP) is 3.70. The fraction of sp³-hybridized carbons (Fsp3) is 0.0588. The quantitative estimate of drug-likeness (QED) is 0.421. The molecule has 3 rings (SSSR count). The van der Waals surface area contributed by atoms with Gasteiger partial charge in [0.1, 0.15) is 18.1 Å². The fourth-order valence-electron chi connectivity index (χ4n) is 2.14. The molecule has 0 spiro atoms. The van der Waals surface area contributed by atoms with E-state index in [0.29, 0.717) is 11.6 Å². The van der Waals surface area contributed by atoms with Crippen molar-refractivity contribution in [3.05, 3.63) is 67.9 Å². The van der Waals surface area contributed by atoms with Crippen molar-refractivity contribution in [2.45, 2.75) is 6.61 Å². The minimum atomic E-state index is -0.513. The molecule has 0 radical (unpaired) electrons. The van der Waals surface area contributed by atoms with Crippen LogP contribution in [0.5, 0.6) is 5.75 Å². The van der Waals surface area contributed by atoms with Gasteiger partial charge in [0.15, 0.2) is 0 Å². The first kappa shape index (κ1) is 16.8. The normalized spacial score (nSPS) is 15.3. The molecule has 1 aliphatic heterocycles. The average molecular weight is 455 g/mol. The molecule has 0 aliphatic carbocycles. The van der Waals surface area contributed by atoms with E-state index < -0.39 is 11.9 Å². The van der Waals surface area contributed by atoms with E-state index in [1.165, 1.54) is 0 Å². The molecule has 0 unspecified atom stereocenters. The Bertz CT molecular complexity index is 851. The number of carbonyl (C=O) groups excluding carboxylic acids is 2. The Balaban J connectivity index is 1.73. The molecule has 2 N–H and O–H groups in total. The van der Waals surface area contributed by atoms with Crippen LogP contribution in [0.15, 0.2) is 48.2 Å². The Labute approximate surface area is 157 Å². The Morgan fingerprint density at radius 1 is 1.12 bits per heavy atom. The number of hydrogen-bond acceptors (Lipinski definition) is 3. The van der Waals surface area contributed by atoms with Crippen LogP contribution in [0.1, 0.15) is 11.1 Å². The van der Waals surface area contributed by atoms with Crippen LogP contribution < -0.4 is 15.4 Å². The monoisotopic (exact) mass is 454 g/mol. The molecule has 1 fully saturated rings. The second kappa shape index (κ2) is 7.23. The van der Waals surface area contributed by atoms with Gasteiger partial charge >= 0.3 is 6.03 Å². The van der Waals surface area contributed by atoms with Gasteiger partial charge < -0.3 is 10.1 Å². The van der Waals surface area contributed by atoms with Crippen molar-refractivity contribution in [2.24, 2.45) is 0 Å². The van der Waals surface area contributed by atoms with Crippen LogP contribution in [-0.4, -0.2) is 11.9 Å². The van der Waals surface area contributed by atoms with Crippen molar-refractivity contribution >= 4 is 52.2 Å². The third-order valence-electron chi connectivity index (χ3n) is 3.33. The summed E-state index contributed by atoms with van der Waals surface area (Å²) in [4.78, 5) is 22.6. The van der Waals surface area contributed by atoms with Crippen molar-refractivity contribution < 1.29 is 14.3 Å². The lowest BCUT2D eigenvalue weighted by molar-refractivity contribution is -0.115. The lowest BCUT2D eigenvalue weighted by atomic mass is 10.2. The molecule has 122 valence electrons. The maximum atomic E-state index is 11.5. The number of carbonyl (C=O) groups is 2. The second-order valence-electron chi connectivity index (χ2n) is 5.04. The van der Waals surface area contributed by atoms with E-state index in [4.69, 9.17) is 16.3 Å². The lowest BCUT2D eigenvalue weighted by Crippen LogP contribution is -2.22. The van der Waals surface area contributed by atoms with Crippen LogP contribution in [0.4, 0.5) is 4.79 Å². The van der Waals surface area contributed by atoms with Gasteiger partial charge in [-0.15, -0.1) is 0 Å². The second-order valence-corrected chi connectivity index (χ2v) is 6.61. The highest BCUT2D eigenvalue weighted by atomic mass is 127. The van der Waals surface area contributed by atoms with Gasteiger partial charge in [-0.05, 0) is 52.4 Å². The molecular formula is C17H12ClIN2O3. The summed E-state index contributed by atoms with van der Waals surface area (Å²) in [6, 6.07) is 12.5. The van der Waals surface area contributed by atoms with Crippen molar-refractivity contribution in [1.82, 2.24) is 10.6 Å². The molecular weight excluding hydrogens is 443 g/mol. The maximum absolute atomic E-state index is 11.5. The Hall–Kier alpha value is -2.06. The first-order valence-corrected chi connectivity index (χ1v) is 8.48. The third kappa shape index (κ3) is 3.88. The van der Waals surface area contributed by atoms with Crippen LogP contribution in [-0.2, 0) is 11.4 Å². The molecule has 7 heteroatoms. The van der Waals surface area contributed by atoms with Gasteiger partial charge in [0.25, 0.3) is 5.91 Å². The first-order valence-electron chi connectivity index (χ1n) is 7.03. The Morgan fingerprint density at radius 2 is 1.92 bits per heavy atom. The number of ether oxygens (including phenoxy) is 1. The molecule has 5 nitrogen and oxygen atoms in total. The van der Waals surface area contributed by atoms with Crippen LogP contribution in [0.3, 0.4) is 0 Å². The Kier molecular flexibility index (Phi) is 5.06. The molecule has 1 heterocycles. The number of nitrogens with one attached hydrogen (secondary N) is 2. The zero-order chi connectivity index (χ0) is 17.1. The number of urea groups is 1. The summed E-state index contributed by atoms with van der Waals surface area (Å²) in [5.74, 6) is 0.284. The summed E-state index contributed by atoms with van der Waals surface area (Å²) in [6.07, 6.45) is 1.61. The maximum Gasteiger partial charge on any atom is 0.326 e. The van der Waals surface area contributed by atoms with Gasteiger partial charge in [-0.25, -0.2) is 4.79 Å². The zero-order valence-corrected chi connectivity index (χ0v) is 15.2. The largest absolute Gasteiger partial charge is 0.488 e. The standard InChI is InChI=1S/C17H12ClIN2O3/c18-12-4-2-1-3-11(12)9-24-15-6-5-10(7-13(15)19)8-14-16(22)21-17(23)20-14/h1-8H,9H2,(H2,20,21,22,23)/b14-8+. The van der Waals surface area contributed by atoms with E-state index in [1.807, 2.05) is 42.5 Å². The summed E-state index contributed by atoms with van der Waals surface area (Å²) in [7, 11) is 0. The van der Waals surface area contributed by atoms with Gasteiger partial charge in [0.05, 0.1) is 3.57 Å². The summed E-state index contributed by atoms with van der Waals surface area (Å²) in [5, 5.41) is 5.28. The van der Waals surface area contributed by atoms with Gasteiger partial charge in [0.2, 0.25) is 0 Å².